The van der Waals surface area contributed by atoms with E-state index in [1.54, 1.807) is 12.0 Å². The lowest BCUT2D eigenvalue weighted by Gasteiger charge is -2.32. The topological polar surface area (TPSA) is 80.2 Å². The van der Waals surface area contributed by atoms with E-state index in [4.69, 9.17) is 14.5 Å². The highest BCUT2D eigenvalue weighted by Crippen LogP contribution is 2.31. The Hall–Kier alpha value is -3.78. The summed E-state index contributed by atoms with van der Waals surface area (Å²) in [4.78, 5) is 33.0. The van der Waals surface area contributed by atoms with Crippen molar-refractivity contribution >= 4 is 40.1 Å². The van der Waals surface area contributed by atoms with Crippen molar-refractivity contribution in [3.63, 3.8) is 0 Å². The second-order valence-corrected chi connectivity index (χ2v) is 10.8. The van der Waals surface area contributed by atoms with Crippen LogP contribution in [0, 0.1) is 0 Å². The predicted octanol–water partition coefficient (Wildman–Crippen LogP) is 6.86. The van der Waals surface area contributed by atoms with Crippen molar-refractivity contribution in [1.29, 1.82) is 0 Å². The number of anilines is 1. The Morgan fingerprint density at radius 1 is 0.975 bits per heavy atom. The molecule has 1 unspecified atom stereocenters. The molecule has 210 valence electrons. The van der Waals surface area contributed by atoms with Gasteiger partial charge in [-0.05, 0) is 66.9 Å². The number of nitrogens with one attached hydrogen (secondary N) is 1. The molecule has 3 aromatic carbocycles. The zero-order chi connectivity index (χ0) is 28.2. The van der Waals surface area contributed by atoms with E-state index in [1.807, 2.05) is 78.9 Å². The van der Waals surface area contributed by atoms with Gasteiger partial charge < -0.3 is 14.8 Å². The van der Waals surface area contributed by atoms with Gasteiger partial charge in [0.1, 0.15) is 16.7 Å². The zero-order valence-electron chi connectivity index (χ0n) is 23.2. The maximum atomic E-state index is 13.3. The molecular weight excluding hydrogens is 522 g/mol. The van der Waals surface area contributed by atoms with Gasteiger partial charge in [-0.2, -0.15) is 0 Å². The Balaban J connectivity index is 1.42. The van der Waals surface area contributed by atoms with Crippen molar-refractivity contribution in [1.82, 2.24) is 4.90 Å². The first-order valence-corrected chi connectivity index (χ1v) is 14.7. The highest BCUT2D eigenvalue weighted by molar-refractivity contribution is 8.15. The van der Waals surface area contributed by atoms with Crippen LogP contribution in [0.2, 0.25) is 0 Å². The molecule has 1 atom stereocenters. The average Bonchev–Trinajstić information content (AvgIpc) is 2.98. The van der Waals surface area contributed by atoms with Crippen LogP contribution < -0.4 is 14.8 Å². The lowest BCUT2D eigenvalue weighted by molar-refractivity contribution is -0.129. The summed E-state index contributed by atoms with van der Waals surface area (Å²) in [5.41, 5.74) is 2.49. The maximum absolute atomic E-state index is 13.3. The van der Waals surface area contributed by atoms with Gasteiger partial charge in [0, 0.05) is 18.7 Å². The fourth-order valence-corrected chi connectivity index (χ4v) is 5.41. The van der Waals surface area contributed by atoms with Crippen LogP contribution in [0.3, 0.4) is 0 Å². The molecule has 40 heavy (non-hydrogen) atoms. The van der Waals surface area contributed by atoms with Crippen LogP contribution in [0.25, 0.3) is 0 Å². The molecule has 0 saturated carbocycles. The van der Waals surface area contributed by atoms with Crippen LogP contribution in [0.5, 0.6) is 11.5 Å². The molecule has 1 heterocycles. The maximum Gasteiger partial charge on any atom is 0.238 e. The second-order valence-electron chi connectivity index (χ2n) is 9.61. The first kappa shape index (κ1) is 29.2. The monoisotopic (exact) mass is 559 g/mol. The standard InChI is InChI=1S/C32H37N3O4S/c1-3-4-5-9-22-39-28-18-14-25(15-19-28)33-31(37)29-23-30(36)35(21-20-24-10-7-6-8-11-24)32(40-29)34-26-12-16-27(38-2)17-13-26/h6-8,10-19,29H,3-5,9,20-23H2,1-2H3,(H,33,37). The van der Waals surface area contributed by atoms with Gasteiger partial charge in [0.2, 0.25) is 11.8 Å². The predicted molar refractivity (Wildman–Crippen MR) is 163 cm³/mol. The molecular formula is C32H37N3O4S. The molecule has 0 aliphatic carbocycles. The van der Waals surface area contributed by atoms with Crippen molar-refractivity contribution in [3.05, 3.63) is 84.4 Å². The van der Waals surface area contributed by atoms with Crippen molar-refractivity contribution in [2.45, 2.75) is 50.7 Å². The van der Waals surface area contributed by atoms with E-state index in [0.29, 0.717) is 36.1 Å². The van der Waals surface area contributed by atoms with Crippen molar-refractivity contribution in [2.24, 2.45) is 4.99 Å². The van der Waals surface area contributed by atoms with E-state index < -0.39 is 5.25 Å². The first-order valence-electron chi connectivity index (χ1n) is 13.8. The number of hydrogen-bond donors (Lipinski definition) is 1. The Labute approximate surface area is 241 Å². The number of ether oxygens (including phenoxy) is 2. The summed E-state index contributed by atoms with van der Waals surface area (Å²) < 4.78 is 11.1. The Morgan fingerprint density at radius 2 is 1.70 bits per heavy atom. The highest BCUT2D eigenvalue weighted by atomic mass is 32.2. The molecule has 1 aliphatic heterocycles. The minimum absolute atomic E-state index is 0.103. The number of methoxy groups -OCH3 is 1. The largest absolute Gasteiger partial charge is 0.497 e. The van der Waals surface area contributed by atoms with E-state index in [-0.39, 0.29) is 18.2 Å². The summed E-state index contributed by atoms with van der Waals surface area (Å²) in [6.07, 6.45) is 5.40. The number of hydrogen-bond acceptors (Lipinski definition) is 6. The number of carbonyl (C=O) groups is 2. The van der Waals surface area contributed by atoms with Gasteiger partial charge in [0.25, 0.3) is 0 Å². The van der Waals surface area contributed by atoms with Crippen LogP contribution in [0.1, 0.15) is 44.6 Å². The quantitative estimate of drug-likeness (QED) is 0.232. The van der Waals surface area contributed by atoms with E-state index in [0.717, 1.165) is 29.9 Å². The third kappa shape index (κ3) is 8.61. The summed E-state index contributed by atoms with van der Waals surface area (Å²) in [7, 11) is 1.61. The molecule has 2 amide bonds. The van der Waals surface area contributed by atoms with Crippen LogP contribution in [-0.4, -0.2) is 47.4 Å². The first-order chi connectivity index (χ1) is 19.6. The normalized spacial score (nSPS) is 16.1. The molecule has 0 radical (unpaired) electrons. The summed E-state index contributed by atoms with van der Waals surface area (Å²) in [5, 5.41) is 2.89. The van der Waals surface area contributed by atoms with Gasteiger partial charge in [0.15, 0.2) is 5.17 Å². The molecule has 1 fully saturated rings. The van der Waals surface area contributed by atoms with Crippen LogP contribution in [0.4, 0.5) is 11.4 Å². The number of nitrogens with zero attached hydrogens (tertiary/aromatic N) is 2. The number of amidine groups is 1. The molecule has 4 rings (SSSR count). The van der Waals surface area contributed by atoms with Gasteiger partial charge in [-0.15, -0.1) is 0 Å². The van der Waals surface area contributed by atoms with Crippen LogP contribution >= 0.6 is 11.8 Å². The molecule has 8 heteroatoms. The fourth-order valence-electron chi connectivity index (χ4n) is 4.29. The molecule has 7 nitrogen and oxygen atoms in total. The van der Waals surface area contributed by atoms with Gasteiger partial charge in [-0.1, -0.05) is 68.3 Å². The minimum Gasteiger partial charge on any atom is -0.497 e. The SMILES string of the molecule is CCCCCCOc1ccc(NC(=O)C2CC(=O)N(CCc3ccccc3)C(=Nc3ccc(OC)cc3)S2)cc1. The van der Waals surface area contributed by atoms with Crippen molar-refractivity contribution < 1.29 is 19.1 Å². The summed E-state index contributed by atoms with van der Waals surface area (Å²) in [5.74, 6) is 1.16. The van der Waals surface area contributed by atoms with Gasteiger partial charge >= 0.3 is 0 Å². The van der Waals surface area contributed by atoms with Crippen LogP contribution in [-0.2, 0) is 16.0 Å². The van der Waals surface area contributed by atoms with E-state index >= 15 is 0 Å². The summed E-state index contributed by atoms with van der Waals surface area (Å²) >= 11 is 1.32. The number of carbonyl (C=O) groups excluding carboxylic acids is 2. The van der Waals surface area contributed by atoms with E-state index in [1.165, 1.54) is 24.6 Å². The Bertz CT molecular complexity index is 1260. The van der Waals surface area contributed by atoms with Gasteiger partial charge in [0.05, 0.1) is 19.4 Å². The molecule has 1 aliphatic rings. The van der Waals surface area contributed by atoms with Crippen molar-refractivity contribution in [3.8, 4) is 11.5 Å². The number of aliphatic imine (C=N–C) groups is 1. The average molecular weight is 560 g/mol. The van der Waals surface area contributed by atoms with E-state index in [9.17, 15) is 9.59 Å². The van der Waals surface area contributed by atoms with Gasteiger partial charge in [-0.3, -0.25) is 14.5 Å². The second kappa shape index (κ2) is 15.1. The number of rotatable bonds is 13. The molecule has 0 aromatic heterocycles. The molecule has 0 bridgehead atoms. The van der Waals surface area contributed by atoms with E-state index in [2.05, 4.69) is 12.2 Å². The number of thioether (sulfide) groups is 1. The molecule has 1 saturated heterocycles. The number of benzene rings is 3. The highest BCUT2D eigenvalue weighted by Gasteiger charge is 2.35. The fraction of sp³-hybridized carbons (Fsp3) is 0.344. The summed E-state index contributed by atoms with van der Waals surface area (Å²) in [6, 6.07) is 24.7. The molecule has 1 N–H and O–H groups in total. The number of unbranched alkanes of at least 4 members (excludes halogenated alkanes) is 3. The van der Waals surface area contributed by atoms with Gasteiger partial charge in [-0.25, -0.2) is 4.99 Å². The smallest absolute Gasteiger partial charge is 0.238 e. The third-order valence-electron chi connectivity index (χ3n) is 6.58. The lowest BCUT2D eigenvalue weighted by Crippen LogP contribution is -2.46. The number of amides is 2. The minimum atomic E-state index is -0.591. The molecule has 3 aromatic rings. The Morgan fingerprint density at radius 3 is 2.40 bits per heavy atom. The van der Waals surface area contributed by atoms with Crippen LogP contribution in [0.15, 0.2) is 83.9 Å². The van der Waals surface area contributed by atoms with Crippen molar-refractivity contribution in [2.75, 3.05) is 25.6 Å². The zero-order valence-corrected chi connectivity index (χ0v) is 24.0. The Kier molecular flexibility index (Phi) is 11.0. The summed E-state index contributed by atoms with van der Waals surface area (Å²) in [6.45, 7) is 3.36. The lowest BCUT2D eigenvalue weighted by atomic mass is 10.1. The molecule has 0 spiro atoms. The third-order valence-corrected chi connectivity index (χ3v) is 7.77.